The lowest BCUT2D eigenvalue weighted by atomic mass is 9.97. The molecule has 1 aromatic heterocycles. The van der Waals surface area contributed by atoms with E-state index < -0.39 is 197 Å². The Morgan fingerprint density at radius 1 is 0.367 bits per heavy atom. The molecule has 15 amide bonds. The zero-order valence-corrected chi connectivity index (χ0v) is 77.4. The van der Waals surface area contributed by atoms with Gasteiger partial charge in [0.05, 0.1) is 12.6 Å². The molecule has 0 aliphatic carbocycles. The van der Waals surface area contributed by atoms with Gasteiger partial charge in [-0.05, 0) is 189 Å². The number of primary amides is 1. The monoisotopic (exact) mass is 1800 g/mol. The Morgan fingerprint density at radius 2 is 0.734 bits per heavy atom. The molecule has 39 heteroatoms. The van der Waals surface area contributed by atoms with E-state index in [1.807, 2.05) is 65.8 Å². The lowest BCUT2D eigenvalue weighted by Crippen LogP contribution is -2.61. The van der Waals surface area contributed by atoms with Crippen molar-refractivity contribution < 1.29 is 71.9 Å². The molecule has 31 N–H and O–H groups in total. The molecule has 0 aliphatic rings. The normalized spacial score (nSPS) is 15.0. The maximum Gasteiger partial charge on any atom is 0.243 e. The number of amides is 15. The molecule has 15 atom stereocenters. The quantitative estimate of drug-likeness (QED) is 0.0188. The van der Waals surface area contributed by atoms with Gasteiger partial charge in [0, 0.05) is 36.5 Å². The molecule has 128 heavy (non-hydrogen) atoms. The highest BCUT2D eigenvalue weighted by molar-refractivity contribution is 6.01. The smallest absolute Gasteiger partial charge is 0.243 e. The number of aromatic amines is 1. The maximum atomic E-state index is 15.1. The number of benzene rings is 2. The summed E-state index contributed by atoms with van der Waals surface area (Å²) >= 11 is 0. The van der Waals surface area contributed by atoms with Crippen LogP contribution in [-0.2, 0) is 84.8 Å². The third-order valence-corrected chi connectivity index (χ3v) is 21.8. The van der Waals surface area contributed by atoms with E-state index in [2.05, 4.69) is 84.4 Å². The summed E-state index contributed by atoms with van der Waals surface area (Å²) < 4.78 is 0. The van der Waals surface area contributed by atoms with Crippen molar-refractivity contribution in [3.8, 4) is 0 Å². The predicted molar refractivity (Wildman–Crippen MR) is 492 cm³/mol. The summed E-state index contributed by atoms with van der Waals surface area (Å²) in [4.78, 5) is 221. The minimum Gasteiger partial charge on any atom is -0.370 e. The number of carbonyl (C=O) groups excluding carboxylic acids is 15. The molecular formula is C89H152N24O15. The fourth-order valence-electron chi connectivity index (χ4n) is 14.2. The van der Waals surface area contributed by atoms with E-state index in [0.717, 1.165) is 10.9 Å². The number of H-pyrrole nitrogens is 1. The molecule has 0 aliphatic heterocycles. The van der Waals surface area contributed by atoms with Crippen molar-refractivity contribution >= 4 is 105 Å². The number of nitrogens with zero attached hydrogens (tertiary/aromatic N) is 1. The molecule has 0 unspecified atom stereocenters. The molecule has 0 saturated heterocycles. The van der Waals surface area contributed by atoms with Gasteiger partial charge in [-0.15, -0.1) is 0 Å². The van der Waals surface area contributed by atoms with Crippen LogP contribution >= 0.6 is 0 Å². The molecule has 0 radical (unpaired) electrons. The zero-order valence-electron chi connectivity index (χ0n) is 77.4. The third-order valence-electron chi connectivity index (χ3n) is 21.8. The number of aliphatic imine (C=N–C) groups is 1. The Morgan fingerprint density at radius 3 is 1.18 bits per heavy atom. The zero-order chi connectivity index (χ0) is 95.9. The second-order valence-corrected chi connectivity index (χ2v) is 35.1. The fraction of sp³-hybridized carbons (Fsp3) is 0.663. The Balaban J connectivity index is 1.90. The van der Waals surface area contributed by atoms with Crippen LogP contribution < -0.4 is 120 Å². The summed E-state index contributed by atoms with van der Waals surface area (Å²) in [7, 11) is 0. The van der Waals surface area contributed by atoms with Crippen LogP contribution in [0.1, 0.15) is 217 Å². The molecule has 0 fully saturated rings. The van der Waals surface area contributed by atoms with Gasteiger partial charge in [-0.25, -0.2) is 0 Å². The molecule has 2 aromatic carbocycles. The van der Waals surface area contributed by atoms with E-state index >= 15 is 4.79 Å². The van der Waals surface area contributed by atoms with Gasteiger partial charge in [-0.2, -0.15) is 0 Å². The fourth-order valence-corrected chi connectivity index (χ4v) is 14.2. The SMILES string of the molecule is CC[C@H](C)[C@H](NC(=O)[C@H](CCCCN)NC(=O)[C@H](CCCN=C(N)N)NC(=O)[C@H](Cc1ccccc1)NC(=O)[C@H](CC(C)C)NC(=O)[C@H](CCCCN)NC(=O)[C@H](Cc1c[nH]c2ccccc12)NC(=O)[C@@H](N)CCCCN)C(=O)NCC(=O)N[C@@H](C)C(=O)N[C@H](C(=O)N[C@@H](CC(C)C)C(=O)N[C@@H](CCCCN)C(=O)N[C@H](C(=O)N[C@@H](CC(C)C)C(N)=O)C(C)C)C(C)C. The maximum absolute atomic E-state index is 15.1. The van der Waals surface area contributed by atoms with E-state index in [9.17, 15) is 67.1 Å². The highest BCUT2D eigenvalue weighted by Gasteiger charge is 2.39. The predicted octanol–water partition coefficient (Wildman–Crippen LogP) is -0.730. The summed E-state index contributed by atoms with van der Waals surface area (Å²) in [6.07, 6.45) is 6.37. The van der Waals surface area contributed by atoms with Crippen LogP contribution in [0.2, 0.25) is 0 Å². The van der Waals surface area contributed by atoms with Crippen molar-refractivity contribution in [3.05, 3.63) is 71.9 Å². The van der Waals surface area contributed by atoms with Gasteiger partial charge in [0.1, 0.15) is 78.5 Å². The van der Waals surface area contributed by atoms with Gasteiger partial charge >= 0.3 is 0 Å². The molecule has 0 saturated carbocycles. The first-order valence-electron chi connectivity index (χ1n) is 45.3. The topological polar surface area (TPSA) is 661 Å². The van der Waals surface area contributed by atoms with Crippen molar-refractivity contribution in [1.29, 1.82) is 0 Å². The number of nitrogens with two attached hydrogens (primary N) is 8. The number of guanidine groups is 1. The lowest BCUT2D eigenvalue weighted by Gasteiger charge is -2.29. The second-order valence-electron chi connectivity index (χ2n) is 35.1. The van der Waals surface area contributed by atoms with Gasteiger partial charge in [-0.3, -0.25) is 76.9 Å². The second kappa shape index (κ2) is 59.3. The largest absolute Gasteiger partial charge is 0.370 e. The summed E-state index contributed by atoms with van der Waals surface area (Å²) in [6, 6.07) is -1.46. The van der Waals surface area contributed by atoms with E-state index in [1.54, 1.807) is 78.1 Å². The summed E-state index contributed by atoms with van der Waals surface area (Å²) in [5.74, 6) is -13.8. The average molecular weight is 1800 g/mol. The first kappa shape index (κ1) is 111. The van der Waals surface area contributed by atoms with Crippen molar-refractivity contribution in [2.75, 3.05) is 39.3 Å². The van der Waals surface area contributed by atoms with Crippen molar-refractivity contribution in [3.63, 3.8) is 0 Å². The number of hydrogen-bond donors (Lipinski definition) is 23. The van der Waals surface area contributed by atoms with E-state index in [1.165, 1.54) is 6.92 Å². The van der Waals surface area contributed by atoms with Crippen molar-refractivity contribution in [2.45, 2.75) is 303 Å². The first-order chi connectivity index (χ1) is 60.6. The minimum atomic E-state index is -1.45. The van der Waals surface area contributed by atoms with E-state index in [0.29, 0.717) is 81.9 Å². The minimum absolute atomic E-state index is 0.00156. The van der Waals surface area contributed by atoms with Gasteiger partial charge in [0.15, 0.2) is 5.96 Å². The first-order valence-corrected chi connectivity index (χ1v) is 45.3. The van der Waals surface area contributed by atoms with Gasteiger partial charge < -0.3 is 125 Å². The van der Waals surface area contributed by atoms with Crippen molar-refractivity contribution in [2.24, 2.45) is 86.4 Å². The van der Waals surface area contributed by atoms with Crippen LogP contribution in [0.4, 0.5) is 0 Å². The van der Waals surface area contributed by atoms with Crippen molar-refractivity contribution in [1.82, 2.24) is 79.4 Å². The van der Waals surface area contributed by atoms with Crippen LogP contribution in [0.5, 0.6) is 0 Å². The number of para-hydroxylation sites is 1. The van der Waals surface area contributed by atoms with Crippen LogP contribution in [0.15, 0.2) is 65.8 Å². The highest BCUT2D eigenvalue weighted by Crippen LogP contribution is 2.22. The van der Waals surface area contributed by atoms with E-state index in [-0.39, 0.29) is 114 Å². The van der Waals surface area contributed by atoms with E-state index in [4.69, 9.17) is 45.9 Å². The summed E-state index contributed by atoms with van der Waals surface area (Å²) in [5, 5.41) is 39.1. The van der Waals surface area contributed by atoms with Crippen LogP contribution in [0, 0.1) is 35.5 Å². The van der Waals surface area contributed by atoms with Crippen LogP contribution in [-0.4, -0.2) is 223 Å². The van der Waals surface area contributed by atoms with Crippen LogP contribution in [0.3, 0.4) is 0 Å². The van der Waals surface area contributed by atoms with Gasteiger partial charge in [0.2, 0.25) is 88.6 Å². The molecule has 0 spiro atoms. The highest BCUT2D eigenvalue weighted by atomic mass is 16.2. The van der Waals surface area contributed by atoms with Crippen LogP contribution in [0.25, 0.3) is 10.9 Å². The Bertz CT molecular complexity index is 4050. The van der Waals surface area contributed by atoms with Gasteiger partial charge in [-0.1, -0.05) is 144 Å². The average Bonchev–Trinajstić information content (AvgIpc) is 1.64. The molecule has 3 rings (SSSR count). The summed E-state index contributed by atoms with van der Waals surface area (Å²) in [6.45, 7) is 22.9. The molecular weight excluding hydrogens is 1650 g/mol. The number of unbranched alkanes of at least 4 members (excludes halogenated alkanes) is 4. The number of hydrogen-bond acceptors (Lipinski definition) is 21. The number of nitrogens with one attached hydrogen (secondary N) is 15. The number of carbonyl (C=O) groups is 15. The molecule has 39 nitrogen and oxygen atoms in total. The Hall–Kier alpha value is -10.9. The molecule has 0 bridgehead atoms. The third kappa shape index (κ3) is 41.0. The number of rotatable bonds is 63. The Kier molecular flexibility index (Phi) is 51.5. The molecule has 718 valence electrons. The van der Waals surface area contributed by atoms with Gasteiger partial charge in [0.25, 0.3) is 0 Å². The lowest BCUT2D eigenvalue weighted by molar-refractivity contribution is -0.136. The Labute approximate surface area is 753 Å². The molecule has 3 aromatic rings. The summed E-state index contributed by atoms with van der Waals surface area (Å²) in [5.41, 5.74) is 48.7. The molecule has 1 heterocycles. The number of aromatic nitrogens is 1. The number of fused-ring (bicyclic) bond motifs is 1. The standard InChI is InChI=1S/C89H152N24O15/c1-14-55(12)74(86(126)100-49-71(114)101-56(13)76(116)111-72(53(8)9)88(128)110-68(45-52(6)7)82(122)104-63(35-22-26-40-92)80(120)112-73(54(10)11)87(127)106-66(75(95)115)43-50(2)3)113-81(121)64(36-23-27-41-93)102-78(118)65(37-28-42-98-89(96)97)105-84(124)69(46-57-29-16-15-17-30-57)109-83(123)67(44-51(4)5)108-79(119)62(34-21-25-39-91)103-85(125)70(107-77(117)60(94)32-20-24-38-90)47-58-48-99-61-33-19-18-31-59(58)61/h15-19,29-31,33,48,50-56,60,62-70,72-74,99H,14,20-28,32,34-47,49,90-94H2,1-13H3,(H2,95,115)(H,100,126)(H,101,114)(H,102,118)(H,103,125)(H,104,122)(H,105,124)(H,106,127)(H,107,117)(H,108,119)(H,109,123)(H,110,128)(H,111,116)(H,112,120)(H,113,121)(H4,96,97,98)/t55-,56-,60-,62-,63-,64-,65-,66-,67-,68-,69-,70-,72-,73-,74-/m0/s1.